The van der Waals surface area contributed by atoms with E-state index >= 15 is 14.4 Å². The van der Waals surface area contributed by atoms with E-state index < -0.39 is 63.5 Å². The first-order valence-corrected chi connectivity index (χ1v) is 37.0. The van der Waals surface area contributed by atoms with Crippen molar-refractivity contribution >= 4 is 17.5 Å². The first-order valence-electron chi connectivity index (χ1n) is 37.0. The lowest BCUT2D eigenvalue weighted by Crippen LogP contribution is -2.68. The molecule has 2 aromatic carbocycles. The van der Waals surface area contributed by atoms with Gasteiger partial charge in [0.05, 0.1) is 25.0 Å². The molecule has 14 nitrogen and oxygen atoms in total. The minimum Gasteiger partial charge on any atom is -0.508 e. The van der Waals surface area contributed by atoms with Gasteiger partial charge in [-0.05, 0) is 239 Å². The number of aliphatic hydroxyl groups is 2. The quantitative estimate of drug-likeness (QED) is 0.0468. The lowest BCUT2D eigenvalue weighted by molar-refractivity contribution is -0.199. The molecule has 10 N–H and O–H groups in total. The van der Waals surface area contributed by atoms with Crippen molar-refractivity contribution in [3.05, 3.63) is 146 Å². The van der Waals surface area contributed by atoms with Crippen LogP contribution < -0.4 is 32.3 Å². The van der Waals surface area contributed by atoms with Crippen LogP contribution in [0, 0.1) is 57.2 Å². The molecule has 6 heterocycles. The average molecular weight is 1280 g/mol. The molecule has 15 atom stereocenters. The summed E-state index contributed by atoms with van der Waals surface area (Å²) < 4.78 is 14.8. The summed E-state index contributed by atoms with van der Waals surface area (Å²) in [6, 6.07) is 13.5. The molecule has 16 rings (SSSR count). The summed E-state index contributed by atoms with van der Waals surface area (Å²) in [5.41, 5.74) is 11.6. The van der Waals surface area contributed by atoms with Gasteiger partial charge in [0.15, 0.2) is 11.4 Å². The number of carbonyl (C=O) groups excluding carboxylic acids is 3. The van der Waals surface area contributed by atoms with E-state index in [1.807, 2.05) is 38.2 Å². The highest BCUT2D eigenvalue weighted by atomic mass is 16.7. The number of dihydropyridines is 2. The Morgan fingerprint density at radius 2 is 1.67 bits per heavy atom. The summed E-state index contributed by atoms with van der Waals surface area (Å²) in [5, 5.41) is 55.9. The van der Waals surface area contributed by atoms with E-state index in [4.69, 9.17) is 15.2 Å². The van der Waals surface area contributed by atoms with Crippen molar-refractivity contribution in [3.8, 4) is 5.75 Å². The summed E-state index contributed by atoms with van der Waals surface area (Å²) in [5.74, 6) is -0.912. The second-order valence-corrected chi connectivity index (χ2v) is 33.0. The predicted molar refractivity (Wildman–Crippen MR) is 364 cm³/mol. The fourth-order valence-corrected chi connectivity index (χ4v) is 24.1. The number of allylic oxidation sites excluding steroid dienone is 8. The third-order valence-electron chi connectivity index (χ3n) is 28.3. The Balaban J connectivity index is 0.896. The zero-order chi connectivity index (χ0) is 64.7. The molecule has 14 heteroatoms. The Labute approximate surface area is 557 Å². The maximum absolute atomic E-state index is 17.1. The van der Waals surface area contributed by atoms with Crippen molar-refractivity contribution in [1.82, 2.24) is 26.6 Å². The van der Waals surface area contributed by atoms with Crippen LogP contribution in [-0.2, 0) is 20.7 Å². The molecule has 1 saturated heterocycles. The maximum atomic E-state index is 17.1. The number of phenolic OH excluding ortho intramolecular Hbond substituents is 1. The minimum atomic E-state index is -2.33. The van der Waals surface area contributed by atoms with Crippen LogP contribution in [0.5, 0.6) is 5.75 Å². The van der Waals surface area contributed by atoms with Gasteiger partial charge in [-0.2, -0.15) is 0 Å². The predicted octanol–water partition coefficient (Wildman–Crippen LogP) is 12.1. The molecular weight excluding hydrogens is 1170 g/mol. The molecule has 1 unspecified atom stereocenters. The van der Waals surface area contributed by atoms with Crippen molar-refractivity contribution in [2.24, 2.45) is 62.9 Å². The highest BCUT2D eigenvalue weighted by Gasteiger charge is 2.86. The number of ether oxygens (including phenoxy) is 2. The van der Waals surface area contributed by atoms with Crippen LogP contribution in [0.3, 0.4) is 0 Å². The zero-order valence-corrected chi connectivity index (χ0v) is 56.3. The number of hydrogen-bond acceptors (Lipinski definition) is 14. The number of ketones is 2. The number of nitrogens with two attached hydrogens (primary N) is 1. The topological polar surface area (TPSA) is 220 Å². The van der Waals surface area contributed by atoms with E-state index in [9.17, 15) is 15.3 Å². The van der Waals surface area contributed by atoms with Gasteiger partial charge >= 0.3 is 5.97 Å². The molecule has 4 spiro atoms. The van der Waals surface area contributed by atoms with Gasteiger partial charge in [0, 0.05) is 59.0 Å². The monoisotopic (exact) mass is 1280 g/mol. The van der Waals surface area contributed by atoms with Gasteiger partial charge < -0.3 is 57.1 Å². The third-order valence-corrected chi connectivity index (χ3v) is 28.3. The molecule has 11 bridgehead atoms. The molecule has 0 amide bonds. The van der Waals surface area contributed by atoms with E-state index in [0.717, 1.165) is 105 Å². The maximum Gasteiger partial charge on any atom is 0.350 e. The van der Waals surface area contributed by atoms with Gasteiger partial charge in [0.1, 0.15) is 17.7 Å². The smallest absolute Gasteiger partial charge is 0.350 e. The Morgan fingerprint density at radius 1 is 0.894 bits per heavy atom. The van der Waals surface area contributed by atoms with Crippen LogP contribution in [0.25, 0.3) is 0 Å². The van der Waals surface area contributed by atoms with Crippen molar-refractivity contribution in [2.45, 2.75) is 235 Å². The second-order valence-electron chi connectivity index (χ2n) is 33.0. The number of hydrogen-bond donors (Lipinski definition) is 9. The molecule has 14 aliphatic rings. The SMILES string of the molecule is CCN[C@]12C=C3C=CC[C@H]4CCCC[C@@]5(C)CC6=CNC(N)C(=C6)[C@H](c6cccc(O)c6)C[C@H]6[C@@H](C1)[C@H](C[C@H](O)C61CC6(CCCC6)C6(CCCC6)C1)[C@@H](OC(=O)[C@]16O[C@@]1(C/C(CO)=C(\C)CCC1=CCNC7=C1CC[C@H](NC)N7)C(=O)c1cccc(c1C6=O)C5)[C@H]2C[C@@H]34. The third kappa shape index (κ3) is 9.73. The molecule has 2 aromatic rings. The lowest BCUT2D eigenvalue weighted by Gasteiger charge is -2.63. The van der Waals surface area contributed by atoms with Gasteiger partial charge in [-0.1, -0.05) is 119 Å². The van der Waals surface area contributed by atoms with E-state index in [0.29, 0.717) is 62.2 Å². The molecule has 94 heavy (non-hydrogen) atoms. The number of phenols is 1. The number of likely N-dealkylation sites (N-methyl/N-ethyl adjacent to an activating group) is 1. The largest absolute Gasteiger partial charge is 0.508 e. The van der Waals surface area contributed by atoms with Crippen LogP contribution in [0.15, 0.2) is 124 Å². The number of carbonyl (C=O) groups is 3. The van der Waals surface area contributed by atoms with Gasteiger partial charge in [0.2, 0.25) is 5.78 Å². The molecular formula is C80H104N6O8. The van der Waals surface area contributed by atoms with Crippen LogP contribution in [0.2, 0.25) is 0 Å². The Bertz CT molecular complexity index is 3630. The Kier molecular flexibility index (Phi) is 15.8. The summed E-state index contributed by atoms with van der Waals surface area (Å²) in [7, 11) is 1.97. The number of Topliss-reactive ketones (excluding diaryl/α,β-unsaturated/α-hetero) is 2. The van der Waals surface area contributed by atoms with Crippen LogP contribution in [0.4, 0.5) is 0 Å². The highest BCUT2D eigenvalue weighted by Crippen LogP contribution is 2.78. The molecule has 0 radical (unpaired) electrons. The molecule has 8 aliphatic carbocycles. The van der Waals surface area contributed by atoms with Gasteiger partial charge in [-0.25, -0.2) is 4.79 Å². The number of fused-ring (bicyclic) bond motifs is 5. The normalized spacial score (nSPS) is 38.9. The van der Waals surface area contributed by atoms with E-state index in [1.54, 1.807) is 12.1 Å². The number of aliphatic hydroxyl groups excluding tert-OH is 2. The number of nitrogens with one attached hydrogen (secondary N) is 5. The van der Waals surface area contributed by atoms with Crippen molar-refractivity contribution in [3.63, 3.8) is 0 Å². The van der Waals surface area contributed by atoms with E-state index in [-0.39, 0.29) is 82.4 Å². The van der Waals surface area contributed by atoms with E-state index in [1.165, 1.54) is 68.1 Å². The Hall–Kier alpha value is -5.61. The van der Waals surface area contributed by atoms with Crippen LogP contribution in [-0.4, -0.2) is 101 Å². The molecule has 6 aliphatic heterocycles. The van der Waals surface area contributed by atoms with Crippen LogP contribution >= 0.6 is 0 Å². The Morgan fingerprint density at radius 3 is 2.43 bits per heavy atom. The zero-order valence-electron chi connectivity index (χ0n) is 56.3. The van der Waals surface area contributed by atoms with Crippen molar-refractivity contribution in [2.75, 3.05) is 26.7 Å². The minimum absolute atomic E-state index is 0.0864. The van der Waals surface area contributed by atoms with Crippen LogP contribution in [0.1, 0.15) is 219 Å². The molecule has 0 aromatic heterocycles. The first-order chi connectivity index (χ1) is 45.4. The highest BCUT2D eigenvalue weighted by molar-refractivity contribution is 6.33. The fraction of sp³-hybridized carbons (Fsp3) is 0.637. The number of aromatic hydroxyl groups is 1. The number of rotatable bonds is 10. The molecule has 502 valence electrons. The number of esters is 1. The van der Waals surface area contributed by atoms with Crippen molar-refractivity contribution in [1.29, 1.82) is 0 Å². The molecule has 5 saturated carbocycles. The summed E-state index contributed by atoms with van der Waals surface area (Å²) in [6.07, 6.45) is 35.5. The average Bonchev–Trinajstić information content (AvgIpc) is 1.48. The standard InChI is InChI=1S/C80H104N6O8/c1-5-85-78-40-52-18-12-16-49-15-6-7-27-74(3)38-48-33-61(71(81)84-43-48)59(51-17-13-20-55(88)34-51)36-63-62(42-78)60(37-65(89)77(63)45-75(28-8-9-29-75)76(46-77)30-10-11-31-76)68(64(78)35-58(49)52)93-73(92)80-70(91)67-53(39-74)19-14-21-57(67)69(90)79(80,94-80)41-54(44-87)47(2)22-23-50-26-32-83-72-56(50)24-25-66(82-4)86-72/h12-14,17-21,26,33-34,40,43,49,58-60,62-66,68,71,82-89H,5-11,15-16,22-25,27-32,35-39,41-42,44-46,81H2,1-4H3/b54-47-/t49-,58-,59+,60+,62+,63+,64-,65+,66-,68-,71?,74+,78-,79+,80+/m1/s1. The summed E-state index contributed by atoms with van der Waals surface area (Å²) in [6.45, 7) is 7.55. The first kappa shape index (κ1) is 63.1. The second kappa shape index (κ2) is 23.6. The molecule has 6 fully saturated rings. The number of benzene rings is 2. The summed E-state index contributed by atoms with van der Waals surface area (Å²) in [4.78, 5) is 50.2. The van der Waals surface area contributed by atoms with Gasteiger partial charge in [-0.15, -0.1) is 0 Å². The van der Waals surface area contributed by atoms with Gasteiger partial charge in [-0.3, -0.25) is 9.59 Å². The van der Waals surface area contributed by atoms with E-state index in [2.05, 4.69) is 83.1 Å². The van der Waals surface area contributed by atoms with Crippen molar-refractivity contribution < 1.29 is 39.2 Å². The van der Waals surface area contributed by atoms with Gasteiger partial charge in [0.25, 0.3) is 5.60 Å². The number of epoxide rings is 1. The lowest BCUT2D eigenvalue weighted by atomic mass is 9.45. The fourth-order valence-electron chi connectivity index (χ4n) is 24.1. The summed E-state index contributed by atoms with van der Waals surface area (Å²) >= 11 is 0.